The van der Waals surface area contributed by atoms with E-state index in [2.05, 4.69) is 19.9 Å². The highest BCUT2D eigenvalue weighted by molar-refractivity contribution is 6.26. The number of alkyl halides is 1. The van der Waals surface area contributed by atoms with E-state index in [4.69, 9.17) is 16.3 Å². The molecule has 3 fully saturated rings. The Bertz CT molecular complexity index is 783. The number of Topliss-reactive ketones (excluding diaryl/α,β-unsaturated/α-hetero) is 1. The topological polar surface area (TPSA) is 60.4 Å². The van der Waals surface area contributed by atoms with Gasteiger partial charge in [0.15, 0.2) is 5.78 Å². The second-order valence-corrected chi connectivity index (χ2v) is 9.83. The van der Waals surface area contributed by atoms with Crippen molar-refractivity contribution >= 4 is 29.1 Å². The molecule has 7 atom stereocenters. The predicted octanol–water partition coefficient (Wildman–Crippen LogP) is 4.26. The molecule has 3 saturated carbocycles. The molecule has 0 amide bonds. The van der Waals surface area contributed by atoms with E-state index < -0.39 is 5.97 Å². The lowest BCUT2D eigenvalue weighted by molar-refractivity contribution is -0.177. The van der Waals surface area contributed by atoms with Crippen molar-refractivity contribution in [3.8, 4) is 0 Å². The number of carbonyl (C=O) groups excluding carboxylic acids is 3. The highest BCUT2D eigenvalue weighted by Crippen LogP contribution is 2.66. The van der Waals surface area contributed by atoms with Crippen molar-refractivity contribution < 1.29 is 19.1 Å². The first kappa shape index (κ1) is 19.9. The fraction of sp³-hybridized carbons (Fsp3) is 0.696. The van der Waals surface area contributed by atoms with Crippen LogP contribution in [0.3, 0.4) is 0 Å². The first-order valence-corrected chi connectivity index (χ1v) is 11.0. The molecule has 0 aromatic heterocycles. The summed E-state index contributed by atoms with van der Waals surface area (Å²) in [5.74, 6) is 0.722. The molecule has 0 aliphatic heterocycles. The maximum Gasteiger partial charge on any atom is 0.321 e. The fourth-order valence-corrected chi connectivity index (χ4v) is 7.23. The summed E-state index contributed by atoms with van der Waals surface area (Å²) in [5.41, 5.74) is 0.687. The first-order chi connectivity index (χ1) is 13.2. The van der Waals surface area contributed by atoms with Gasteiger partial charge in [0, 0.05) is 16.7 Å². The van der Waals surface area contributed by atoms with Gasteiger partial charge in [-0.2, -0.15) is 0 Å². The van der Waals surface area contributed by atoms with Gasteiger partial charge in [-0.25, -0.2) is 0 Å². The fourth-order valence-electron chi connectivity index (χ4n) is 7.17. The Hall–Kier alpha value is -1.42. The largest absolute Gasteiger partial charge is 0.461 e. The summed E-state index contributed by atoms with van der Waals surface area (Å²) in [6.45, 7) is 6.05. The maximum absolute atomic E-state index is 12.5. The van der Waals surface area contributed by atoms with Gasteiger partial charge in [-0.15, -0.1) is 11.6 Å². The van der Waals surface area contributed by atoms with E-state index in [1.165, 1.54) is 5.57 Å². The molecule has 28 heavy (non-hydrogen) atoms. The summed E-state index contributed by atoms with van der Waals surface area (Å²) >= 11 is 5.75. The molecule has 5 heteroatoms. The van der Waals surface area contributed by atoms with Crippen LogP contribution in [-0.2, 0) is 19.1 Å². The van der Waals surface area contributed by atoms with Crippen LogP contribution in [0.15, 0.2) is 23.8 Å². The van der Waals surface area contributed by atoms with Gasteiger partial charge in [-0.1, -0.05) is 25.5 Å². The molecule has 0 saturated heterocycles. The third-order valence-electron chi connectivity index (χ3n) is 8.50. The number of rotatable bonds is 3. The Labute approximate surface area is 171 Å². The molecule has 0 radical (unpaired) electrons. The Balaban J connectivity index is 1.75. The Morgan fingerprint density at radius 2 is 1.96 bits per heavy atom. The minimum absolute atomic E-state index is 0.0641. The van der Waals surface area contributed by atoms with Crippen LogP contribution in [0, 0.1) is 34.5 Å². The van der Waals surface area contributed by atoms with Crippen LogP contribution in [0.5, 0.6) is 0 Å². The molecule has 0 spiro atoms. The van der Waals surface area contributed by atoms with Crippen LogP contribution in [0.4, 0.5) is 0 Å². The van der Waals surface area contributed by atoms with Crippen LogP contribution in [0.2, 0.25) is 0 Å². The Kier molecular flexibility index (Phi) is 4.85. The van der Waals surface area contributed by atoms with Crippen molar-refractivity contribution in [2.45, 2.75) is 59.0 Å². The van der Waals surface area contributed by atoms with Crippen LogP contribution in [-0.4, -0.2) is 29.5 Å². The van der Waals surface area contributed by atoms with E-state index in [0.717, 1.165) is 32.1 Å². The van der Waals surface area contributed by atoms with E-state index >= 15 is 0 Å². The van der Waals surface area contributed by atoms with Crippen molar-refractivity contribution in [2.75, 3.05) is 5.88 Å². The van der Waals surface area contributed by atoms with E-state index in [0.29, 0.717) is 17.8 Å². The zero-order chi connectivity index (χ0) is 20.3. The number of ketones is 2. The van der Waals surface area contributed by atoms with Crippen molar-refractivity contribution in [1.29, 1.82) is 0 Å². The SMILES string of the molecule is CC(=O)[C@H]1CC[C@H]2[C@@H]3CCC4=CC(=O)C=C[C@]4(C)[C@H]3C[C@H](OC(=O)CCl)[C@]12C. The lowest BCUT2D eigenvalue weighted by Gasteiger charge is -2.59. The first-order valence-electron chi connectivity index (χ1n) is 10.4. The lowest BCUT2D eigenvalue weighted by atomic mass is 9.46. The molecule has 0 bridgehead atoms. The highest BCUT2D eigenvalue weighted by Gasteiger charge is 2.64. The van der Waals surface area contributed by atoms with E-state index in [9.17, 15) is 14.4 Å². The second kappa shape index (κ2) is 6.83. The Morgan fingerprint density at radius 3 is 2.64 bits per heavy atom. The number of hydrogen-bond donors (Lipinski definition) is 0. The molecular formula is C23H29ClO4. The van der Waals surface area contributed by atoms with Crippen LogP contribution in [0.1, 0.15) is 52.9 Å². The highest BCUT2D eigenvalue weighted by atomic mass is 35.5. The standard InChI is InChI=1S/C23H29ClO4/c1-13(25)17-6-7-18-16-5-4-14-10-15(26)8-9-22(14,2)19(16)11-20(23(17,18)3)28-21(27)12-24/h8-10,16-20H,4-7,11-12H2,1-3H3/t16-,17+,18-,19-,20-,22-,23+/m0/s1. The zero-order valence-electron chi connectivity index (χ0n) is 16.9. The summed E-state index contributed by atoms with van der Waals surface area (Å²) < 4.78 is 5.90. The third-order valence-corrected chi connectivity index (χ3v) is 8.72. The number of allylic oxidation sites excluding steroid dienone is 4. The summed E-state index contributed by atoms with van der Waals surface area (Å²) in [6, 6.07) is 0. The molecule has 0 aromatic rings. The minimum Gasteiger partial charge on any atom is -0.461 e. The number of carbonyl (C=O) groups is 3. The van der Waals surface area contributed by atoms with Crippen LogP contribution in [0.25, 0.3) is 0 Å². The molecular weight excluding hydrogens is 376 g/mol. The summed E-state index contributed by atoms with van der Waals surface area (Å²) in [7, 11) is 0. The number of ether oxygens (including phenoxy) is 1. The molecule has 0 aromatic carbocycles. The summed E-state index contributed by atoms with van der Waals surface area (Å²) in [4.78, 5) is 36.5. The van der Waals surface area contributed by atoms with Gasteiger partial charge >= 0.3 is 5.97 Å². The van der Waals surface area contributed by atoms with E-state index in [1.807, 2.05) is 0 Å². The van der Waals surface area contributed by atoms with Crippen molar-refractivity contribution in [1.82, 2.24) is 0 Å². The predicted molar refractivity (Wildman–Crippen MR) is 107 cm³/mol. The molecule has 4 rings (SSSR count). The van der Waals surface area contributed by atoms with Gasteiger partial charge in [-0.05, 0) is 68.9 Å². The minimum atomic E-state index is -0.412. The van der Waals surface area contributed by atoms with E-state index in [1.54, 1.807) is 19.1 Å². The molecule has 4 aliphatic carbocycles. The van der Waals surface area contributed by atoms with Crippen molar-refractivity contribution in [3.63, 3.8) is 0 Å². The molecule has 0 N–H and O–H groups in total. The summed E-state index contributed by atoms with van der Waals surface area (Å²) in [6.07, 6.45) is 9.79. The van der Waals surface area contributed by atoms with Gasteiger partial charge in [-0.3, -0.25) is 14.4 Å². The van der Waals surface area contributed by atoms with Crippen molar-refractivity contribution in [3.05, 3.63) is 23.8 Å². The van der Waals surface area contributed by atoms with Gasteiger partial charge in [0.25, 0.3) is 0 Å². The van der Waals surface area contributed by atoms with Gasteiger partial charge in [0.1, 0.15) is 17.8 Å². The monoisotopic (exact) mass is 404 g/mol. The second-order valence-electron chi connectivity index (χ2n) is 9.56. The van der Waals surface area contributed by atoms with Crippen LogP contribution >= 0.6 is 11.6 Å². The number of esters is 1. The zero-order valence-corrected chi connectivity index (χ0v) is 17.6. The molecule has 4 nitrogen and oxygen atoms in total. The smallest absolute Gasteiger partial charge is 0.321 e. The van der Waals surface area contributed by atoms with Gasteiger partial charge in [0.2, 0.25) is 0 Å². The van der Waals surface area contributed by atoms with E-state index in [-0.39, 0.29) is 40.3 Å². The third kappa shape index (κ3) is 2.74. The quantitative estimate of drug-likeness (QED) is 0.520. The Morgan fingerprint density at radius 1 is 1.21 bits per heavy atom. The molecule has 0 unspecified atom stereocenters. The lowest BCUT2D eigenvalue weighted by Crippen LogP contribution is -2.57. The molecule has 0 heterocycles. The molecule has 4 aliphatic rings. The van der Waals surface area contributed by atoms with Crippen LogP contribution < -0.4 is 0 Å². The molecule has 152 valence electrons. The van der Waals surface area contributed by atoms with Gasteiger partial charge < -0.3 is 4.74 Å². The maximum atomic E-state index is 12.5. The average molecular weight is 405 g/mol. The number of halogens is 1. The van der Waals surface area contributed by atoms with Crippen molar-refractivity contribution in [2.24, 2.45) is 34.5 Å². The normalized spacial score (nSPS) is 44.2. The summed E-state index contributed by atoms with van der Waals surface area (Å²) in [5, 5.41) is 0. The van der Waals surface area contributed by atoms with Gasteiger partial charge in [0.05, 0.1) is 0 Å². The number of hydrogen-bond acceptors (Lipinski definition) is 4. The average Bonchev–Trinajstić information content (AvgIpc) is 3.01. The number of fused-ring (bicyclic) bond motifs is 5.